The first-order valence-electron chi connectivity index (χ1n) is 10.0. The smallest absolute Gasteiger partial charge is 0.243 e. The molecule has 0 radical (unpaired) electrons. The fourth-order valence-corrected chi connectivity index (χ4v) is 5.06. The van der Waals surface area contributed by atoms with Gasteiger partial charge in [-0.05, 0) is 49.2 Å². The number of nitrogens with zero attached hydrogens (tertiary/aromatic N) is 2. The maximum Gasteiger partial charge on any atom is 0.243 e. The molecule has 1 amide bonds. The van der Waals surface area contributed by atoms with Crippen molar-refractivity contribution in [3.63, 3.8) is 0 Å². The van der Waals surface area contributed by atoms with E-state index in [0.717, 1.165) is 10.0 Å². The zero-order valence-corrected chi connectivity index (χ0v) is 20.0. The van der Waals surface area contributed by atoms with Gasteiger partial charge in [0.15, 0.2) is 0 Å². The van der Waals surface area contributed by atoms with Crippen LogP contribution in [0.4, 0.5) is 4.39 Å². The first-order valence-corrected chi connectivity index (χ1v) is 12.3. The van der Waals surface area contributed by atoms with E-state index in [-0.39, 0.29) is 29.6 Å². The molecule has 0 heterocycles. The Morgan fingerprint density at radius 1 is 1.00 bits per heavy atom. The van der Waals surface area contributed by atoms with E-state index < -0.39 is 10.0 Å². The van der Waals surface area contributed by atoms with Crippen LogP contribution in [0.1, 0.15) is 38.3 Å². The van der Waals surface area contributed by atoms with E-state index >= 15 is 0 Å². The van der Waals surface area contributed by atoms with Gasteiger partial charge in [-0.2, -0.15) is 4.31 Å². The predicted molar refractivity (Wildman–Crippen MR) is 120 cm³/mol. The summed E-state index contributed by atoms with van der Waals surface area (Å²) in [5.41, 5.74) is 1.34. The van der Waals surface area contributed by atoms with Crippen LogP contribution in [0.2, 0.25) is 0 Å². The zero-order valence-electron chi connectivity index (χ0n) is 17.6. The number of carbonyl (C=O) groups is 1. The molecule has 0 aliphatic carbocycles. The van der Waals surface area contributed by atoms with Crippen molar-refractivity contribution in [1.29, 1.82) is 0 Å². The third-order valence-corrected chi connectivity index (χ3v) is 7.55. The van der Waals surface area contributed by atoms with Crippen molar-refractivity contribution in [2.75, 3.05) is 19.6 Å². The molecule has 164 valence electrons. The minimum absolute atomic E-state index is 0.0725. The molecule has 0 spiro atoms. The Morgan fingerprint density at radius 3 is 2.20 bits per heavy atom. The van der Waals surface area contributed by atoms with Gasteiger partial charge in [-0.25, -0.2) is 12.8 Å². The Labute approximate surface area is 187 Å². The van der Waals surface area contributed by atoms with Crippen LogP contribution < -0.4 is 0 Å². The van der Waals surface area contributed by atoms with Gasteiger partial charge in [0.1, 0.15) is 5.82 Å². The van der Waals surface area contributed by atoms with Crippen molar-refractivity contribution < 1.29 is 17.6 Å². The number of sulfonamides is 1. The molecule has 0 bridgehead atoms. The number of aryl methyl sites for hydroxylation is 1. The van der Waals surface area contributed by atoms with E-state index in [1.807, 2.05) is 6.92 Å². The van der Waals surface area contributed by atoms with Crippen LogP contribution in [-0.4, -0.2) is 43.2 Å². The first-order chi connectivity index (χ1) is 14.2. The van der Waals surface area contributed by atoms with E-state index in [4.69, 9.17) is 0 Å². The lowest BCUT2D eigenvalue weighted by Crippen LogP contribution is -2.31. The highest BCUT2D eigenvalue weighted by Crippen LogP contribution is 2.19. The molecule has 0 fully saturated rings. The van der Waals surface area contributed by atoms with Gasteiger partial charge < -0.3 is 4.90 Å². The fraction of sp³-hybridized carbons (Fsp3) is 0.409. The first kappa shape index (κ1) is 24.5. The molecular formula is C22H28BrFN2O3S. The van der Waals surface area contributed by atoms with Gasteiger partial charge in [-0.15, -0.1) is 0 Å². The molecule has 2 aromatic carbocycles. The number of rotatable bonds is 10. The summed E-state index contributed by atoms with van der Waals surface area (Å²) >= 11 is 3.33. The summed E-state index contributed by atoms with van der Waals surface area (Å²) in [6.45, 7) is 7.00. The number of benzene rings is 2. The minimum Gasteiger partial charge on any atom is -0.339 e. The molecule has 0 atom stereocenters. The maximum atomic E-state index is 14.0. The monoisotopic (exact) mass is 498 g/mol. The third kappa shape index (κ3) is 6.12. The Morgan fingerprint density at radius 2 is 1.63 bits per heavy atom. The van der Waals surface area contributed by atoms with Crippen molar-refractivity contribution in [3.05, 3.63) is 63.9 Å². The van der Waals surface area contributed by atoms with Crippen molar-refractivity contribution in [1.82, 2.24) is 9.21 Å². The number of hydrogen-bond acceptors (Lipinski definition) is 3. The second-order valence-corrected chi connectivity index (χ2v) is 9.73. The highest BCUT2D eigenvalue weighted by Gasteiger charge is 2.21. The minimum atomic E-state index is -3.49. The number of halogens is 2. The summed E-state index contributed by atoms with van der Waals surface area (Å²) in [7, 11) is -3.49. The van der Waals surface area contributed by atoms with Crippen LogP contribution in [0.15, 0.2) is 51.8 Å². The second kappa shape index (κ2) is 11.0. The van der Waals surface area contributed by atoms with E-state index in [1.54, 1.807) is 55.1 Å². The van der Waals surface area contributed by atoms with Crippen molar-refractivity contribution in [2.24, 2.45) is 0 Å². The lowest BCUT2D eigenvalue weighted by molar-refractivity contribution is -0.131. The zero-order chi connectivity index (χ0) is 22.3. The van der Waals surface area contributed by atoms with Crippen LogP contribution >= 0.6 is 15.9 Å². The molecule has 8 heteroatoms. The Kier molecular flexibility index (Phi) is 9.00. The van der Waals surface area contributed by atoms with Gasteiger partial charge in [-0.1, -0.05) is 41.9 Å². The van der Waals surface area contributed by atoms with E-state index in [0.29, 0.717) is 31.6 Å². The van der Waals surface area contributed by atoms with Gasteiger partial charge >= 0.3 is 0 Å². The fourth-order valence-electron chi connectivity index (χ4n) is 3.20. The molecule has 0 saturated heterocycles. The molecule has 2 rings (SSSR count). The molecule has 0 unspecified atom stereocenters. The predicted octanol–water partition coefficient (Wildman–Crippen LogP) is 4.60. The lowest BCUT2D eigenvalue weighted by Gasteiger charge is -2.21. The summed E-state index contributed by atoms with van der Waals surface area (Å²) < 4.78 is 41.3. The number of carbonyl (C=O) groups excluding carboxylic acids is 1. The van der Waals surface area contributed by atoms with Crippen LogP contribution in [-0.2, 0) is 27.8 Å². The summed E-state index contributed by atoms with van der Waals surface area (Å²) in [5.74, 6) is -0.411. The SMILES string of the molecule is CCN(Cc1cc(Br)ccc1F)C(=O)CCc1ccc(S(=O)(=O)N(CC)CC)cc1. The van der Waals surface area contributed by atoms with Crippen LogP contribution in [0.25, 0.3) is 0 Å². The van der Waals surface area contributed by atoms with Crippen molar-refractivity contribution >= 4 is 31.9 Å². The summed E-state index contributed by atoms with van der Waals surface area (Å²) in [6.07, 6.45) is 0.757. The molecule has 0 aromatic heterocycles. The Hall–Kier alpha value is -1.77. The van der Waals surface area contributed by atoms with Gasteiger partial charge in [0.25, 0.3) is 0 Å². The van der Waals surface area contributed by atoms with Gasteiger partial charge in [-0.3, -0.25) is 4.79 Å². The summed E-state index contributed by atoms with van der Waals surface area (Å²) in [5, 5.41) is 0. The largest absolute Gasteiger partial charge is 0.339 e. The highest BCUT2D eigenvalue weighted by molar-refractivity contribution is 9.10. The quantitative estimate of drug-likeness (QED) is 0.480. The Bertz CT molecular complexity index is 961. The summed E-state index contributed by atoms with van der Waals surface area (Å²) in [6, 6.07) is 11.3. The molecule has 0 aliphatic rings. The Balaban J connectivity index is 2.02. The highest BCUT2D eigenvalue weighted by atomic mass is 79.9. The van der Waals surface area contributed by atoms with Crippen LogP contribution in [0, 0.1) is 5.82 Å². The van der Waals surface area contributed by atoms with Crippen LogP contribution in [0.3, 0.4) is 0 Å². The van der Waals surface area contributed by atoms with Gasteiger partial charge in [0.05, 0.1) is 4.90 Å². The normalized spacial score (nSPS) is 11.7. The molecule has 5 nitrogen and oxygen atoms in total. The molecule has 0 N–H and O–H groups in total. The molecule has 0 saturated carbocycles. The topological polar surface area (TPSA) is 57.7 Å². The third-order valence-electron chi connectivity index (χ3n) is 5.00. The lowest BCUT2D eigenvalue weighted by atomic mass is 10.1. The maximum absolute atomic E-state index is 14.0. The molecule has 0 aliphatic heterocycles. The summed E-state index contributed by atoms with van der Waals surface area (Å²) in [4.78, 5) is 14.5. The van der Waals surface area contributed by atoms with E-state index in [2.05, 4.69) is 15.9 Å². The van der Waals surface area contributed by atoms with Gasteiger partial charge in [0.2, 0.25) is 15.9 Å². The number of hydrogen-bond donors (Lipinski definition) is 0. The average molecular weight is 499 g/mol. The standard InChI is InChI=1S/C22H28BrFN2O3S/c1-4-25(16-18-15-19(23)10-13-21(18)24)22(27)14-9-17-7-11-20(12-8-17)30(28,29)26(5-2)6-3/h7-8,10-13,15H,4-6,9,14,16H2,1-3H3. The van der Waals surface area contributed by atoms with Crippen molar-refractivity contribution in [3.8, 4) is 0 Å². The van der Waals surface area contributed by atoms with Gasteiger partial charge in [0, 0.05) is 42.6 Å². The average Bonchev–Trinajstić information content (AvgIpc) is 2.73. The van der Waals surface area contributed by atoms with Crippen molar-refractivity contribution in [2.45, 2.75) is 45.1 Å². The second-order valence-electron chi connectivity index (χ2n) is 6.88. The molecular weight excluding hydrogens is 471 g/mol. The molecule has 30 heavy (non-hydrogen) atoms. The van der Waals surface area contributed by atoms with Crippen LogP contribution in [0.5, 0.6) is 0 Å². The van der Waals surface area contributed by atoms with E-state index in [1.165, 1.54) is 10.4 Å². The number of amides is 1. The molecule has 2 aromatic rings. The van der Waals surface area contributed by atoms with E-state index in [9.17, 15) is 17.6 Å².